The van der Waals surface area contributed by atoms with Crippen molar-refractivity contribution in [3.63, 3.8) is 0 Å². The predicted octanol–water partition coefficient (Wildman–Crippen LogP) is 4.28. The van der Waals surface area contributed by atoms with Gasteiger partial charge in [-0.15, -0.1) is 0 Å². The zero-order valence-electron chi connectivity index (χ0n) is 19.6. The lowest BCUT2D eigenvalue weighted by Crippen LogP contribution is -2.45. The van der Waals surface area contributed by atoms with Crippen molar-refractivity contribution in [1.29, 1.82) is 0 Å². The van der Waals surface area contributed by atoms with Crippen molar-refractivity contribution in [3.8, 4) is 17.2 Å². The molecule has 0 aromatic heterocycles. The minimum atomic E-state index is -4.10. The first-order chi connectivity index (χ1) is 16.8. The third kappa shape index (κ3) is 6.88. The molecule has 0 bridgehead atoms. The fraction of sp³-hybridized carbons (Fsp3) is 0.240. The van der Waals surface area contributed by atoms with Gasteiger partial charge < -0.3 is 19.5 Å². The van der Waals surface area contributed by atoms with Crippen LogP contribution in [-0.4, -0.2) is 41.2 Å². The Bertz CT molecular complexity index is 1270. The molecule has 1 amide bonds. The standard InChI is InChI=1S/C25H27ClN2O6S/c1-4-34-23-13-11-19(16-20(23)26)35(30,31)28-22(14-17-8-6-5-7-9-17)25(29)27-21-12-10-18(32-2)15-24(21)33-3/h5-13,15-16,22,28H,4,14H2,1-3H3,(H,27,29). The number of halogens is 1. The zero-order valence-corrected chi connectivity index (χ0v) is 21.2. The van der Waals surface area contributed by atoms with Crippen LogP contribution in [0.3, 0.4) is 0 Å². The van der Waals surface area contributed by atoms with Gasteiger partial charge in [0, 0.05) is 6.07 Å². The third-order valence-electron chi connectivity index (χ3n) is 5.08. The molecular weight excluding hydrogens is 492 g/mol. The van der Waals surface area contributed by atoms with Crippen LogP contribution in [0.2, 0.25) is 5.02 Å². The Morgan fingerprint density at radius 2 is 1.71 bits per heavy atom. The van der Waals surface area contributed by atoms with Gasteiger partial charge in [-0.3, -0.25) is 4.79 Å². The highest BCUT2D eigenvalue weighted by Gasteiger charge is 2.27. The summed E-state index contributed by atoms with van der Waals surface area (Å²) in [5.41, 5.74) is 1.15. The van der Waals surface area contributed by atoms with Crippen LogP contribution in [0.1, 0.15) is 12.5 Å². The van der Waals surface area contributed by atoms with Crippen molar-refractivity contribution in [2.45, 2.75) is 24.3 Å². The van der Waals surface area contributed by atoms with Crippen molar-refractivity contribution < 1.29 is 27.4 Å². The summed E-state index contributed by atoms with van der Waals surface area (Å²) >= 11 is 6.19. The number of rotatable bonds is 11. The van der Waals surface area contributed by atoms with E-state index < -0.39 is 22.0 Å². The second-order valence-corrected chi connectivity index (χ2v) is 9.57. The molecule has 3 aromatic carbocycles. The van der Waals surface area contributed by atoms with Crippen molar-refractivity contribution in [3.05, 3.63) is 77.3 Å². The van der Waals surface area contributed by atoms with Crippen LogP contribution >= 0.6 is 11.6 Å². The van der Waals surface area contributed by atoms with Gasteiger partial charge in [0.15, 0.2) is 0 Å². The molecule has 3 aromatic rings. The number of benzene rings is 3. The smallest absolute Gasteiger partial charge is 0.243 e. The van der Waals surface area contributed by atoms with E-state index in [-0.39, 0.29) is 16.3 Å². The van der Waals surface area contributed by atoms with Gasteiger partial charge in [0.2, 0.25) is 15.9 Å². The Hall–Kier alpha value is -3.27. The first-order valence-corrected chi connectivity index (χ1v) is 12.6. The molecule has 3 rings (SSSR count). The summed E-state index contributed by atoms with van der Waals surface area (Å²) in [6, 6.07) is 17.0. The van der Waals surface area contributed by atoms with E-state index in [0.717, 1.165) is 5.56 Å². The predicted molar refractivity (Wildman–Crippen MR) is 135 cm³/mol. The van der Waals surface area contributed by atoms with Crippen LogP contribution in [0.25, 0.3) is 0 Å². The largest absolute Gasteiger partial charge is 0.497 e. The summed E-state index contributed by atoms with van der Waals surface area (Å²) < 4.78 is 44.8. The van der Waals surface area contributed by atoms with Crippen LogP contribution in [0.15, 0.2) is 71.6 Å². The quantitative estimate of drug-likeness (QED) is 0.392. The SMILES string of the molecule is CCOc1ccc(S(=O)(=O)NC(Cc2ccccc2)C(=O)Nc2ccc(OC)cc2OC)cc1Cl. The highest BCUT2D eigenvalue weighted by molar-refractivity contribution is 7.89. The molecule has 0 spiro atoms. The summed E-state index contributed by atoms with van der Waals surface area (Å²) in [5.74, 6) is 0.738. The molecule has 1 unspecified atom stereocenters. The Morgan fingerprint density at radius 1 is 0.971 bits per heavy atom. The van der Waals surface area contributed by atoms with Gasteiger partial charge in [0.05, 0.1) is 36.4 Å². The number of nitrogens with one attached hydrogen (secondary N) is 2. The summed E-state index contributed by atoms with van der Waals surface area (Å²) in [5, 5.41) is 2.91. The fourth-order valence-corrected chi connectivity index (χ4v) is 4.86. The van der Waals surface area contributed by atoms with E-state index in [1.54, 1.807) is 25.1 Å². The molecule has 10 heteroatoms. The zero-order chi connectivity index (χ0) is 25.4. The highest BCUT2D eigenvalue weighted by Crippen LogP contribution is 2.30. The molecule has 8 nitrogen and oxygen atoms in total. The van der Waals surface area contributed by atoms with Gasteiger partial charge >= 0.3 is 0 Å². The molecule has 0 aliphatic carbocycles. The number of hydrogen-bond acceptors (Lipinski definition) is 6. The van der Waals surface area contributed by atoms with Crippen LogP contribution in [0, 0.1) is 0 Å². The fourth-order valence-electron chi connectivity index (χ4n) is 3.34. The number of sulfonamides is 1. The Balaban J connectivity index is 1.90. The number of ether oxygens (including phenoxy) is 3. The van der Waals surface area contributed by atoms with Crippen molar-refractivity contribution in [2.24, 2.45) is 0 Å². The minimum absolute atomic E-state index is 0.0844. The van der Waals surface area contributed by atoms with Gasteiger partial charge in [0.25, 0.3) is 0 Å². The molecule has 0 saturated heterocycles. The number of amides is 1. The normalized spacial score (nSPS) is 12.0. The van der Waals surface area contributed by atoms with E-state index in [1.165, 1.54) is 32.4 Å². The van der Waals surface area contributed by atoms with Crippen LogP contribution in [0.5, 0.6) is 17.2 Å². The molecule has 35 heavy (non-hydrogen) atoms. The maximum absolute atomic E-state index is 13.3. The minimum Gasteiger partial charge on any atom is -0.497 e. The van der Waals surface area contributed by atoms with Crippen molar-refractivity contribution in [1.82, 2.24) is 4.72 Å². The van der Waals surface area contributed by atoms with Crippen LogP contribution in [-0.2, 0) is 21.2 Å². The van der Waals surface area contributed by atoms with E-state index in [0.29, 0.717) is 29.5 Å². The average molecular weight is 519 g/mol. The molecule has 0 aliphatic rings. The summed E-state index contributed by atoms with van der Waals surface area (Å²) in [4.78, 5) is 13.2. The lowest BCUT2D eigenvalue weighted by atomic mass is 10.1. The average Bonchev–Trinajstić information content (AvgIpc) is 2.85. The molecule has 186 valence electrons. The number of hydrogen-bond donors (Lipinski definition) is 2. The van der Waals surface area contributed by atoms with E-state index in [2.05, 4.69) is 10.0 Å². The van der Waals surface area contributed by atoms with E-state index in [9.17, 15) is 13.2 Å². The van der Waals surface area contributed by atoms with E-state index in [4.69, 9.17) is 25.8 Å². The number of carbonyl (C=O) groups is 1. The van der Waals surface area contributed by atoms with Gasteiger partial charge in [-0.05, 0) is 49.2 Å². The molecule has 0 heterocycles. The van der Waals surface area contributed by atoms with Gasteiger partial charge in [-0.25, -0.2) is 8.42 Å². The lowest BCUT2D eigenvalue weighted by molar-refractivity contribution is -0.117. The van der Waals surface area contributed by atoms with E-state index in [1.807, 2.05) is 30.3 Å². The monoisotopic (exact) mass is 518 g/mol. The molecule has 0 aliphatic heterocycles. The van der Waals surface area contributed by atoms with Crippen LogP contribution in [0.4, 0.5) is 5.69 Å². The van der Waals surface area contributed by atoms with Gasteiger partial charge in [-0.2, -0.15) is 4.72 Å². The van der Waals surface area contributed by atoms with Gasteiger partial charge in [-0.1, -0.05) is 41.9 Å². The molecule has 0 radical (unpaired) electrons. The summed E-state index contributed by atoms with van der Waals surface area (Å²) in [7, 11) is -1.12. The second kappa shape index (κ2) is 11.9. The first kappa shape index (κ1) is 26.3. The van der Waals surface area contributed by atoms with Gasteiger partial charge in [0.1, 0.15) is 23.3 Å². The van der Waals surface area contributed by atoms with Crippen molar-refractivity contribution in [2.75, 3.05) is 26.1 Å². The summed E-state index contributed by atoms with van der Waals surface area (Å²) in [6.07, 6.45) is 0.120. The Morgan fingerprint density at radius 3 is 2.34 bits per heavy atom. The lowest BCUT2D eigenvalue weighted by Gasteiger charge is -2.20. The van der Waals surface area contributed by atoms with Crippen molar-refractivity contribution >= 4 is 33.2 Å². The molecule has 1 atom stereocenters. The highest BCUT2D eigenvalue weighted by atomic mass is 35.5. The molecule has 2 N–H and O–H groups in total. The Labute approximate surface area is 210 Å². The molecule has 0 fully saturated rings. The topological polar surface area (TPSA) is 103 Å². The third-order valence-corrected chi connectivity index (χ3v) is 6.84. The maximum Gasteiger partial charge on any atom is 0.243 e. The van der Waals surface area contributed by atoms with Crippen LogP contribution < -0.4 is 24.2 Å². The number of carbonyl (C=O) groups excluding carboxylic acids is 1. The molecular formula is C25H27ClN2O6S. The Kier molecular flexibility index (Phi) is 8.97. The number of anilines is 1. The second-order valence-electron chi connectivity index (χ2n) is 7.44. The van der Waals surface area contributed by atoms with E-state index >= 15 is 0 Å². The summed E-state index contributed by atoms with van der Waals surface area (Å²) in [6.45, 7) is 2.19. The molecule has 0 saturated carbocycles. The number of methoxy groups -OCH3 is 2. The first-order valence-electron chi connectivity index (χ1n) is 10.8. The maximum atomic E-state index is 13.3.